The number of amides is 1. The van der Waals surface area contributed by atoms with Crippen LogP contribution in [0.4, 0.5) is 5.82 Å². The van der Waals surface area contributed by atoms with Crippen LogP contribution in [0, 0.1) is 0 Å². The summed E-state index contributed by atoms with van der Waals surface area (Å²) in [5.41, 5.74) is 7.77. The largest absolute Gasteiger partial charge is 0.384 e. The topological polar surface area (TPSA) is 96.7 Å². The normalized spacial score (nSPS) is 11.3. The molecule has 0 atom stereocenters. The van der Waals surface area contributed by atoms with Gasteiger partial charge in [-0.2, -0.15) is 0 Å². The monoisotopic (exact) mass is 273 g/mol. The van der Waals surface area contributed by atoms with Gasteiger partial charge in [0.05, 0.1) is 18.6 Å². The minimum absolute atomic E-state index is 0.159. The van der Waals surface area contributed by atoms with Gasteiger partial charge in [0, 0.05) is 22.9 Å². The number of carbonyl (C=O) groups is 1. The minimum Gasteiger partial charge on any atom is -0.384 e. The van der Waals surface area contributed by atoms with Crippen molar-refractivity contribution < 1.29 is 4.79 Å². The first-order valence-corrected chi connectivity index (χ1v) is 6.40. The number of hydrogen-bond acceptors (Lipinski definition) is 4. The van der Waals surface area contributed by atoms with E-state index in [4.69, 9.17) is 5.73 Å². The Labute approximate surface area is 117 Å². The smallest absolute Gasteiger partial charge is 0.251 e. The van der Waals surface area contributed by atoms with Crippen molar-refractivity contribution in [2.45, 2.75) is 32.7 Å². The number of aromatic nitrogens is 3. The Morgan fingerprint density at radius 2 is 2.15 bits per heavy atom. The molecule has 0 aliphatic heterocycles. The molecule has 0 saturated heterocycles. The number of hydrogen-bond donors (Lipinski definition) is 3. The Hall–Kier alpha value is -2.37. The third-order valence-corrected chi connectivity index (χ3v) is 2.87. The lowest BCUT2D eigenvalue weighted by atomic mass is 9.90. The van der Waals surface area contributed by atoms with Gasteiger partial charge in [-0.1, -0.05) is 20.8 Å². The second kappa shape index (κ2) is 5.32. The standard InChI is InChI=1S/C14H19N5O/c1-14(2,3)11-4-9(5-12(15)19-11)13(20)17-7-10-6-16-8-18-10/h4-6,8H,7H2,1-3H3,(H2,15,19)(H,16,18)(H,17,20). The van der Waals surface area contributed by atoms with Gasteiger partial charge in [0.15, 0.2) is 0 Å². The lowest BCUT2D eigenvalue weighted by Crippen LogP contribution is -2.24. The zero-order valence-corrected chi connectivity index (χ0v) is 11.9. The molecular weight excluding hydrogens is 254 g/mol. The maximum Gasteiger partial charge on any atom is 0.251 e. The van der Waals surface area contributed by atoms with E-state index in [1.807, 2.05) is 20.8 Å². The number of pyridine rings is 1. The van der Waals surface area contributed by atoms with Crippen molar-refractivity contribution in [3.63, 3.8) is 0 Å². The van der Waals surface area contributed by atoms with Gasteiger partial charge in [-0.3, -0.25) is 4.79 Å². The fraction of sp³-hybridized carbons (Fsp3) is 0.357. The molecule has 2 aromatic heterocycles. The van der Waals surface area contributed by atoms with Gasteiger partial charge < -0.3 is 16.0 Å². The Morgan fingerprint density at radius 3 is 2.75 bits per heavy atom. The van der Waals surface area contributed by atoms with Gasteiger partial charge in [0.25, 0.3) is 5.91 Å². The van der Waals surface area contributed by atoms with E-state index >= 15 is 0 Å². The number of nitrogens with two attached hydrogens (primary N) is 1. The average molecular weight is 273 g/mol. The maximum absolute atomic E-state index is 12.1. The number of carbonyl (C=O) groups excluding carboxylic acids is 1. The molecule has 2 aromatic rings. The third-order valence-electron chi connectivity index (χ3n) is 2.87. The number of H-pyrrole nitrogens is 1. The van der Waals surface area contributed by atoms with Crippen molar-refractivity contribution in [3.8, 4) is 0 Å². The lowest BCUT2D eigenvalue weighted by Gasteiger charge is -2.19. The molecule has 0 unspecified atom stereocenters. The Bertz CT molecular complexity index is 599. The quantitative estimate of drug-likeness (QED) is 0.791. The predicted molar refractivity (Wildman–Crippen MR) is 77.1 cm³/mol. The van der Waals surface area contributed by atoms with Crippen LogP contribution in [-0.2, 0) is 12.0 Å². The fourth-order valence-electron chi connectivity index (χ4n) is 1.73. The molecule has 1 amide bonds. The fourth-order valence-corrected chi connectivity index (χ4v) is 1.73. The van der Waals surface area contributed by atoms with Crippen LogP contribution in [0.1, 0.15) is 42.5 Å². The molecule has 6 nitrogen and oxygen atoms in total. The Balaban J connectivity index is 2.15. The minimum atomic E-state index is -0.181. The predicted octanol–water partition coefficient (Wildman–Crippen LogP) is 1.61. The van der Waals surface area contributed by atoms with E-state index in [0.717, 1.165) is 11.4 Å². The Morgan fingerprint density at radius 1 is 1.40 bits per heavy atom. The zero-order chi connectivity index (χ0) is 14.8. The van der Waals surface area contributed by atoms with Crippen molar-refractivity contribution in [2.75, 3.05) is 5.73 Å². The molecule has 6 heteroatoms. The molecule has 0 saturated carbocycles. The summed E-state index contributed by atoms with van der Waals surface area (Å²) in [7, 11) is 0. The highest BCUT2D eigenvalue weighted by molar-refractivity contribution is 5.94. The van der Waals surface area contributed by atoms with Crippen molar-refractivity contribution in [1.82, 2.24) is 20.3 Å². The van der Waals surface area contributed by atoms with Crippen molar-refractivity contribution >= 4 is 11.7 Å². The number of aromatic amines is 1. The van der Waals surface area contributed by atoms with E-state index in [2.05, 4.69) is 20.3 Å². The highest BCUT2D eigenvalue weighted by Gasteiger charge is 2.18. The summed E-state index contributed by atoms with van der Waals surface area (Å²) in [6.07, 6.45) is 3.24. The van der Waals surface area contributed by atoms with E-state index < -0.39 is 0 Å². The number of nitrogens with zero attached hydrogens (tertiary/aromatic N) is 2. The van der Waals surface area contributed by atoms with Gasteiger partial charge in [0.1, 0.15) is 5.82 Å². The molecule has 0 bridgehead atoms. The molecule has 0 spiro atoms. The summed E-state index contributed by atoms with van der Waals surface area (Å²) in [6, 6.07) is 3.36. The Kier molecular flexibility index (Phi) is 3.74. The summed E-state index contributed by atoms with van der Waals surface area (Å²) in [6.45, 7) is 6.48. The summed E-state index contributed by atoms with van der Waals surface area (Å²) >= 11 is 0. The summed E-state index contributed by atoms with van der Waals surface area (Å²) in [5, 5.41) is 2.81. The average Bonchev–Trinajstić information content (AvgIpc) is 2.87. The highest BCUT2D eigenvalue weighted by Crippen LogP contribution is 2.22. The van der Waals surface area contributed by atoms with Crippen molar-refractivity contribution in [3.05, 3.63) is 41.6 Å². The SMILES string of the molecule is CC(C)(C)c1cc(C(=O)NCc2cnc[nH]2)cc(N)n1. The van der Waals surface area contributed by atoms with Crippen molar-refractivity contribution in [2.24, 2.45) is 0 Å². The van der Waals surface area contributed by atoms with Crippen molar-refractivity contribution in [1.29, 1.82) is 0 Å². The molecule has 2 heterocycles. The first-order valence-electron chi connectivity index (χ1n) is 6.40. The van der Waals surface area contributed by atoms with Crippen LogP contribution in [0.2, 0.25) is 0 Å². The molecule has 0 aromatic carbocycles. The van der Waals surface area contributed by atoms with Gasteiger partial charge in [-0.05, 0) is 12.1 Å². The summed E-state index contributed by atoms with van der Waals surface area (Å²) in [4.78, 5) is 23.2. The van der Waals surface area contributed by atoms with Crippen LogP contribution in [0.25, 0.3) is 0 Å². The van der Waals surface area contributed by atoms with E-state index in [-0.39, 0.29) is 11.3 Å². The van der Waals surface area contributed by atoms with Gasteiger partial charge in [-0.15, -0.1) is 0 Å². The number of anilines is 1. The van der Waals surface area contributed by atoms with Crippen LogP contribution in [0.5, 0.6) is 0 Å². The summed E-state index contributed by atoms with van der Waals surface area (Å²) < 4.78 is 0. The van der Waals surface area contributed by atoms with Crippen LogP contribution in [0.3, 0.4) is 0 Å². The van der Waals surface area contributed by atoms with Crippen LogP contribution in [0.15, 0.2) is 24.7 Å². The number of imidazole rings is 1. The second-order valence-electron chi connectivity index (χ2n) is 5.68. The molecule has 0 aliphatic rings. The van der Waals surface area contributed by atoms with Crippen LogP contribution in [-0.4, -0.2) is 20.9 Å². The number of rotatable bonds is 3. The molecular formula is C14H19N5O. The molecule has 106 valence electrons. The van der Waals surface area contributed by atoms with Gasteiger partial charge in [0.2, 0.25) is 0 Å². The molecule has 20 heavy (non-hydrogen) atoms. The van der Waals surface area contributed by atoms with E-state index in [9.17, 15) is 4.79 Å². The van der Waals surface area contributed by atoms with Crippen LogP contribution >= 0.6 is 0 Å². The molecule has 0 fully saturated rings. The molecule has 0 aliphatic carbocycles. The first-order chi connectivity index (χ1) is 9.36. The van der Waals surface area contributed by atoms with Gasteiger partial charge >= 0.3 is 0 Å². The van der Waals surface area contributed by atoms with E-state index in [1.165, 1.54) is 0 Å². The number of nitrogen functional groups attached to an aromatic ring is 1. The molecule has 2 rings (SSSR count). The van der Waals surface area contributed by atoms with Crippen LogP contribution < -0.4 is 11.1 Å². The first kappa shape index (κ1) is 14.0. The van der Waals surface area contributed by atoms with E-state index in [0.29, 0.717) is 17.9 Å². The number of nitrogens with one attached hydrogen (secondary N) is 2. The zero-order valence-electron chi connectivity index (χ0n) is 11.9. The summed E-state index contributed by atoms with van der Waals surface area (Å²) in [5.74, 6) is 0.170. The maximum atomic E-state index is 12.1. The third kappa shape index (κ3) is 3.34. The second-order valence-corrected chi connectivity index (χ2v) is 5.68. The highest BCUT2D eigenvalue weighted by atomic mass is 16.1. The van der Waals surface area contributed by atoms with Gasteiger partial charge in [-0.25, -0.2) is 9.97 Å². The molecule has 0 radical (unpaired) electrons. The van der Waals surface area contributed by atoms with E-state index in [1.54, 1.807) is 24.7 Å². The molecule has 4 N–H and O–H groups in total. The lowest BCUT2D eigenvalue weighted by molar-refractivity contribution is 0.0950.